The zero-order valence-corrected chi connectivity index (χ0v) is 22.9. The lowest BCUT2D eigenvalue weighted by molar-refractivity contribution is -0.240. The summed E-state index contributed by atoms with van der Waals surface area (Å²) in [4.78, 5) is 66.0. The maximum absolute atomic E-state index is 13.3. The summed E-state index contributed by atoms with van der Waals surface area (Å²) in [6, 6.07) is 22.9. The van der Waals surface area contributed by atoms with E-state index in [2.05, 4.69) is 0 Å². The van der Waals surface area contributed by atoms with Crippen LogP contribution in [0, 0.1) is 0 Å². The van der Waals surface area contributed by atoms with E-state index in [0.717, 1.165) is 11.0 Å². The van der Waals surface area contributed by atoms with Crippen LogP contribution in [0.3, 0.4) is 0 Å². The van der Waals surface area contributed by atoms with Crippen molar-refractivity contribution in [2.75, 3.05) is 6.61 Å². The summed E-state index contributed by atoms with van der Waals surface area (Å²) in [6.07, 6.45) is -4.09. The Hall–Kier alpha value is -5.29. The van der Waals surface area contributed by atoms with E-state index in [1.807, 2.05) is 0 Å². The van der Waals surface area contributed by atoms with Crippen molar-refractivity contribution in [2.24, 2.45) is 0 Å². The van der Waals surface area contributed by atoms with Gasteiger partial charge in [0.1, 0.15) is 18.8 Å². The second kappa shape index (κ2) is 13.1. The third-order valence-electron chi connectivity index (χ3n) is 6.77. The monoisotopic (exact) mass is 585 g/mol. The Kier molecular flexibility index (Phi) is 8.92. The summed E-state index contributed by atoms with van der Waals surface area (Å²) in [5, 5.41) is 0. The summed E-state index contributed by atoms with van der Waals surface area (Å²) >= 11 is 0. The molecule has 0 saturated carbocycles. The molecule has 2 aliphatic heterocycles. The minimum absolute atomic E-state index is 0.169. The van der Waals surface area contributed by atoms with Crippen LogP contribution in [0.15, 0.2) is 103 Å². The molecule has 5 atom stereocenters. The highest BCUT2D eigenvalue weighted by atomic mass is 16.7. The molecule has 11 heteroatoms. The second-order valence-electron chi connectivity index (χ2n) is 9.56. The molecule has 0 unspecified atom stereocenters. The number of amides is 2. The third-order valence-corrected chi connectivity index (χ3v) is 6.77. The normalized spacial score (nSPS) is 22.8. The molecule has 2 heterocycles. The van der Waals surface area contributed by atoms with Crippen LogP contribution in [0.5, 0.6) is 0 Å². The maximum Gasteiger partial charge on any atom is 0.419 e. The Balaban J connectivity index is 1.52. The van der Waals surface area contributed by atoms with Gasteiger partial charge in [-0.25, -0.2) is 24.1 Å². The van der Waals surface area contributed by atoms with Gasteiger partial charge in [-0.15, -0.1) is 0 Å². The van der Waals surface area contributed by atoms with E-state index in [1.54, 1.807) is 73.7 Å². The second-order valence-corrected chi connectivity index (χ2v) is 9.56. The molecule has 2 saturated heterocycles. The molecular formula is C32H27NO10. The standard InChI is InChI=1S/C32H27NO10/c1-2-12-24(34)33-25-27(42-30(37)22-17-10-5-11-18-22)26(41-29(36)21-15-8-4-9-16-21)23(40-31(25)43-32(33)38)19-39-28(35)20-13-6-3-7-14-20/h2-18,23,25-27,31H,19H2,1H3/b12-2+/t23-,25-,26-,27-,31-/m1/s1. The highest BCUT2D eigenvalue weighted by Crippen LogP contribution is 2.36. The Bertz CT molecular complexity index is 1510. The first kappa shape index (κ1) is 29.2. The van der Waals surface area contributed by atoms with Crippen molar-refractivity contribution in [3.63, 3.8) is 0 Å². The number of carbonyl (C=O) groups is 5. The fraction of sp³-hybridized carbons (Fsp3) is 0.219. The number of fused-ring (bicyclic) bond motifs is 1. The summed E-state index contributed by atoms with van der Waals surface area (Å²) in [5.41, 5.74) is 0.609. The highest BCUT2D eigenvalue weighted by Gasteiger charge is 2.60. The van der Waals surface area contributed by atoms with Gasteiger partial charge in [-0.1, -0.05) is 60.7 Å². The van der Waals surface area contributed by atoms with E-state index in [9.17, 15) is 24.0 Å². The summed E-state index contributed by atoms with van der Waals surface area (Å²) < 4.78 is 28.6. The van der Waals surface area contributed by atoms with Crippen molar-refractivity contribution in [3.8, 4) is 0 Å². The minimum atomic E-state index is -1.47. The van der Waals surface area contributed by atoms with Crippen molar-refractivity contribution in [1.82, 2.24) is 4.90 Å². The van der Waals surface area contributed by atoms with Gasteiger partial charge in [0.15, 0.2) is 12.2 Å². The van der Waals surface area contributed by atoms with Crippen LogP contribution >= 0.6 is 0 Å². The number of imide groups is 1. The van der Waals surface area contributed by atoms with E-state index >= 15 is 0 Å². The molecule has 43 heavy (non-hydrogen) atoms. The Morgan fingerprint density at radius 1 is 0.744 bits per heavy atom. The van der Waals surface area contributed by atoms with Crippen LogP contribution in [-0.2, 0) is 28.5 Å². The largest absolute Gasteiger partial charge is 0.459 e. The Morgan fingerprint density at radius 3 is 1.74 bits per heavy atom. The quantitative estimate of drug-likeness (QED) is 0.217. The number of hydrogen-bond donors (Lipinski definition) is 0. The predicted molar refractivity (Wildman–Crippen MR) is 149 cm³/mol. The SMILES string of the molecule is C/C=C/C(=O)N1C(=O)O[C@H]2O[C@H](COC(=O)c3ccccc3)[C@@H](OC(=O)c3ccccc3)[C@H](OC(=O)c3ccccc3)[C@H]21. The molecule has 0 bridgehead atoms. The van der Waals surface area contributed by atoms with Gasteiger partial charge in [-0.05, 0) is 49.4 Å². The molecule has 0 radical (unpaired) electrons. The lowest BCUT2D eigenvalue weighted by Gasteiger charge is -2.42. The van der Waals surface area contributed by atoms with Crippen molar-refractivity contribution in [1.29, 1.82) is 0 Å². The zero-order valence-electron chi connectivity index (χ0n) is 22.9. The van der Waals surface area contributed by atoms with E-state index in [1.165, 1.54) is 30.3 Å². The van der Waals surface area contributed by atoms with Crippen LogP contribution in [0.4, 0.5) is 4.79 Å². The Morgan fingerprint density at radius 2 is 1.23 bits per heavy atom. The molecule has 2 aliphatic rings. The molecule has 0 spiro atoms. The molecule has 5 rings (SSSR count). The van der Waals surface area contributed by atoms with Gasteiger partial charge in [-0.3, -0.25) is 4.79 Å². The first-order valence-electron chi connectivity index (χ1n) is 13.4. The molecule has 2 fully saturated rings. The van der Waals surface area contributed by atoms with Gasteiger partial charge in [0.2, 0.25) is 6.29 Å². The number of nitrogens with zero attached hydrogens (tertiary/aromatic N) is 1. The smallest absolute Gasteiger partial charge is 0.419 e. The number of carbonyl (C=O) groups excluding carboxylic acids is 5. The minimum Gasteiger partial charge on any atom is -0.459 e. The van der Waals surface area contributed by atoms with E-state index in [0.29, 0.717) is 0 Å². The van der Waals surface area contributed by atoms with E-state index in [4.69, 9.17) is 23.7 Å². The number of hydrogen-bond acceptors (Lipinski definition) is 10. The molecule has 0 aromatic heterocycles. The van der Waals surface area contributed by atoms with Gasteiger partial charge >= 0.3 is 24.0 Å². The third kappa shape index (κ3) is 6.47. The van der Waals surface area contributed by atoms with Gasteiger partial charge in [0.05, 0.1) is 16.7 Å². The number of esters is 3. The molecule has 0 N–H and O–H groups in total. The van der Waals surface area contributed by atoms with Gasteiger partial charge < -0.3 is 23.7 Å². The summed E-state index contributed by atoms with van der Waals surface area (Å²) in [5.74, 6) is -3.06. The molecule has 3 aromatic rings. The first-order valence-corrected chi connectivity index (χ1v) is 13.4. The fourth-order valence-electron chi connectivity index (χ4n) is 4.76. The van der Waals surface area contributed by atoms with Crippen LogP contribution in [-0.4, -0.2) is 72.1 Å². The first-order chi connectivity index (χ1) is 20.9. The van der Waals surface area contributed by atoms with Crippen LogP contribution in [0.1, 0.15) is 38.0 Å². The maximum atomic E-state index is 13.3. The summed E-state index contributed by atoms with van der Waals surface area (Å²) in [7, 11) is 0. The molecule has 2 amide bonds. The number of ether oxygens (including phenoxy) is 5. The topological polar surface area (TPSA) is 135 Å². The molecule has 11 nitrogen and oxygen atoms in total. The average Bonchev–Trinajstić information content (AvgIpc) is 3.37. The molecular weight excluding hydrogens is 558 g/mol. The molecule has 220 valence electrons. The van der Waals surface area contributed by atoms with E-state index in [-0.39, 0.29) is 16.7 Å². The van der Waals surface area contributed by atoms with E-state index < -0.39 is 67.2 Å². The van der Waals surface area contributed by atoms with Gasteiger partial charge in [-0.2, -0.15) is 0 Å². The van der Waals surface area contributed by atoms with Gasteiger partial charge in [0, 0.05) is 0 Å². The van der Waals surface area contributed by atoms with Crippen LogP contribution in [0.25, 0.3) is 0 Å². The van der Waals surface area contributed by atoms with Crippen molar-refractivity contribution < 1.29 is 47.7 Å². The zero-order chi connectivity index (χ0) is 30.3. The highest BCUT2D eigenvalue weighted by molar-refractivity contribution is 6.00. The van der Waals surface area contributed by atoms with Crippen LogP contribution < -0.4 is 0 Å². The number of rotatable bonds is 8. The average molecular weight is 586 g/mol. The van der Waals surface area contributed by atoms with Crippen molar-refractivity contribution >= 4 is 29.9 Å². The fourth-order valence-corrected chi connectivity index (χ4v) is 4.76. The molecule has 0 aliphatic carbocycles. The van der Waals surface area contributed by atoms with Gasteiger partial charge in [0.25, 0.3) is 5.91 Å². The van der Waals surface area contributed by atoms with Crippen LogP contribution in [0.2, 0.25) is 0 Å². The lowest BCUT2D eigenvalue weighted by Crippen LogP contribution is -2.64. The summed E-state index contributed by atoms with van der Waals surface area (Å²) in [6.45, 7) is 1.12. The lowest BCUT2D eigenvalue weighted by atomic mass is 9.95. The molecule has 3 aromatic carbocycles. The number of benzene rings is 3. The van der Waals surface area contributed by atoms with Crippen molar-refractivity contribution in [2.45, 2.75) is 37.6 Å². The van der Waals surface area contributed by atoms with Crippen molar-refractivity contribution in [3.05, 3.63) is 120 Å². The predicted octanol–water partition coefficient (Wildman–Crippen LogP) is 3.94. The Labute approximate surface area is 246 Å². The number of allylic oxidation sites excluding steroid dienone is 1.